The normalized spacial score (nSPS) is 18.1. The largest absolute Gasteiger partial charge is 0.373 e. The van der Waals surface area contributed by atoms with E-state index in [2.05, 4.69) is 42.0 Å². The second-order valence-electron chi connectivity index (χ2n) is 5.83. The molecule has 0 aromatic carbocycles. The van der Waals surface area contributed by atoms with E-state index in [0.717, 1.165) is 37.0 Å². The first-order valence-electron chi connectivity index (χ1n) is 7.97. The van der Waals surface area contributed by atoms with Crippen LogP contribution in [0.1, 0.15) is 52.3 Å². The number of rotatable bonds is 5. The average molecular weight is 276 g/mol. The maximum absolute atomic E-state index is 4.70. The van der Waals surface area contributed by atoms with Gasteiger partial charge in [-0.2, -0.15) is 0 Å². The molecule has 2 heterocycles. The van der Waals surface area contributed by atoms with E-state index in [9.17, 15) is 0 Å². The van der Waals surface area contributed by atoms with Crippen molar-refractivity contribution in [2.24, 2.45) is 5.41 Å². The Kier molecular flexibility index (Phi) is 4.84. The Morgan fingerprint density at radius 3 is 2.30 bits per heavy atom. The number of hydrogen-bond donors (Lipinski definition) is 1. The van der Waals surface area contributed by atoms with Gasteiger partial charge in [0.25, 0.3) is 0 Å². The Morgan fingerprint density at radius 2 is 1.80 bits per heavy atom. The molecule has 0 atom stereocenters. The van der Waals surface area contributed by atoms with Gasteiger partial charge in [-0.3, -0.25) is 0 Å². The number of aryl methyl sites for hydroxylation is 1. The molecule has 1 aliphatic heterocycles. The Bertz CT molecular complexity index is 408. The Labute approximate surface area is 123 Å². The third kappa shape index (κ3) is 3.05. The minimum atomic E-state index is 0.558. The molecule has 112 valence electrons. The lowest BCUT2D eigenvalue weighted by atomic mass is 9.74. The topological polar surface area (TPSA) is 41.1 Å². The van der Waals surface area contributed by atoms with Gasteiger partial charge in [0.15, 0.2) is 0 Å². The van der Waals surface area contributed by atoms with Gasteiger partial charge < -0.3 is 10.2 Å². The molecule has 0 spiro atoms. The molecule has 1 aromatic heterocycles. The van der Waals surface area contributed by atoms with Gasteiger partial charge in [-0.15, -0.1) is 0 Å². The first kappa shape index (κ1) is 15.1. The summed E-state index contributed by atoms with van der Waals surface area (Å²) in [7, 11) is 1.92. The molecule has 0 unspecified atom stereocenters. The highest BCUT2D eigenvalue weighted by atomic mass is 15.2. The number of nitrogens with one attached hydrogen (secondary N) is 1. The van der Waals surface area contributed by atoms with Gasteiger partial charge in [-0.25, -0.2) is 9.97 Å². The third-order valence-corrected chi connectivity index (χ3v) is 4.98. The summed E-state index contributed by atoms with van der Waals surface area (Å²) in [6.07, 6.45) is 6.02. The Balaban J connectivity index is 2.14. The van der Waals surface area contributed by atoms with Crippen LogP contribution in [0.3, 0.4) is 0 Å². The van der Waals surface area contributed by atoms with E-state index >= 15 is 0 Å². The van der Waals surface area contributed by atoms with E-state index in [1.165, 1.54) is 25.7 Å². The van der Waals surface area contributed by atoms with E-state index in [0.29, 0.717) is 5.41 Å². The molecule has 1 saturated heterocycles. The highest BCUT2D eigenvalue weighted by molar-refractivity contribution is 5.49. The maximum Gasteiger partial charge on any atom is 0.134 e. The second kappa shape index (κ2) is 6.42. The predicted octanol–water partition coefficient (Wildman–Crippen LogP) is 3.49. The van der Waals surface area contributed by atoms with Crippen LogP contribution in [0.25, 0.3) is 0 Å². The van der Waals surface area contributed by atoms with E-state index in [1.54, 1.807) is 0 Å². The SMILES string of the molecule is CCc1nc(NC)cc(N2CCC(CC)(CC)CC2)n1. The zero-order chi connectivity index (χ0) is 14.6. The zero-order valence-corrected chi connectivity index (χ0v) is 13.4. The van der Waals surface area contributed by atoms with E-state index in [-0.39, 0.29) is 0 Å². The third-order valence-electron chi connectivity index (χ3n) is 4.98. The fourth-order valence-electron chi connectivity index (χ4n) is 3.10. The summed E-state index contributed by atoms with van der Waals surface area (Å²) in [5.74, 6) is 2.94. The fraction of sp³-hybridized carbons (Fsp3) is 0.750. The molecule has 2 rings (SSSR count). The van der Waals surface area contributed by atoms with Crippen molar-refractivity contribution in [2.75, 3.05) is 30.4 Å². The van der Waals surface area contributed by atoms with Crippen LogP contribution in [-0.2, 0) is 6.42 Å². The van der Waals surface area contributed by atoms with Gasteiger partial charge in [0.2, 0.25) is 0 Å². The van der Waals surface area contributed by atoms with E-state index in [4.69, 9.17) is 4.98 Å². The molecule has 0 bridgehead atoms. The lowest BCUT2D eigenvalue weighted by Gasteiger charge is -2.41. The van der Waals surface area contributed by atoms with Crippen LogP contribution >= 0.6 is 0 Å². The van der Waals surface area contributed by atoms with Crippen molar-refractivity contribution >= 4 is 11.6 Å². The minimum Gasteiger partial charge on any atom is -0.373 e. The number of anilines is 2. The zero-order valence-electron chi connectivity index (χ0n) is 13.4. The van der Waals surface area contributed by atoms with Gasteiger partial charge in [-0.05, 0) is 18.3 Å². The maximum atomic E-state index is 4.70. The monoisotopic (exact) mass is 276 g/mol. The van der Waals surface area contributed by atoms with Gasteiger partial charge in [0.1, 0.15) is 17.5 Å². The van der Waals surface area contributed by atoms with Crippen molar-refractivity contribution < 1.29 is 0 Å². The molecule has 0 aliphatic carbocycles. The van der Waals surface area contributed by atoms with Crippen molar-refractivity contribution in [3.63, 3.8) is 0 Å². The first-order valence-corrected chi connectivity index (χ1v) is 7.97. The summed E-state index contributed by atoms with van der Waals surface area (Å²) in [5, 5.41) is 3.14. The summed E-state index contributed by atoms with van der Waals surface area (Å²) in [4.78, 5) is 11.6. The Hall–Kier alpha value is -1.32. The fourth-order valence-corrected chi connectivity index (χ4v) is 3.10. The molecule has 1 N–H and O–H groups in total. The highest BCUT2D eigenvalue weighted by Crippen LogP contribution is 2.38. The Morgan fingerprint density at radius 1 is 1.15 bits per heavy atom. The highest BCUT2D eigenvalue weighted by Gasteiger charge is 2.31. The predicted molar refractivity (Wildman–Crippen MR) is 85.4 cm³/mol. The van der Waals surface area contributed by atoms with Gasteiger partial charge in [-0.1, -0.05) is 33.6 Å². The van der Waals surface area contributed by atoms with Crippen molar-refractivity contribution in [1.29, 1.82) is 0 Å². The molecule has 1 aromatic rings. The standard InChI is InChI=1S/C16H28N4/c1-5-13-18-14(17-4)12-15(19-13)20-10-8-16(6-2,7-3)9-11-20/h12H,5-11H2,1-4H3,(H,17,18,19). The summed E-state index contributed by atoms with van der Waals surface area (Å²) < 4.78 is 0. The smallest absolute Gasteiger partial charge is 0.134 e. The van der Waals surface area contributed by atoms with Crippen molar-refractivity contribution in [3.8, 4) is 0 Å². The molecule has 1 fully saturated rings. The lowest BCUT2D eigenvalue weighted by molar-refractivity contribution is 0.199. The molecule has 1 aliphatic rings. The molecule has 4 nitrogen and oxygen atoms in total. The molecular weight excluding hydrogens is 248 g/mol. The number of nitrogens with zero attached hydrogens (tertiary/aromatic N) is 3. The molecule has 0 radical (unpaired) electrons. The number of piperidine rings is 1. The summed E-state index contributed by atoms with van der Waals surface area (Å²) in [5.41, 5.74) is 0.558. The minimum absolute atomic E-state index is 0.558. The molecule has 4 heteroatoms. The van der Waals surface area contributed by atoms with Gasteiger partial charge in [0, 0.05) is 32.6 Å². The first-order chi connectivity index (χ1) is 9.66. The van der Waals surface area contributed by atoms with E-state index in [1.807, 2.05) is 7.05 Å². The lowest BCUT2D eigenvalue weighted by Crippen LogP contribution is -2.40. The van der Waals surface area contributed by atoms with Crippen LogP contribution in [0.15, 0.2) is 6.07 Å². The van der Waals surface area contributed by atoms with Crippen LogP contribution in [0.5, 0.6) is 0 Å². The van der Waals surface area contributed by atoms with Gasteiger partial charge in [0.05, 0.1) is 0 Å². The van der Waals surface area contributed by atoms with Crippen molar-refractivity contribution in [2.45, 2.75) is 52.9 Å². The molecule has 0 amide bonds. The second-order valence-corrected chi connectivity index (χ2v) is 5.83. The summed E-state index contributed by atoms with van der Waals surface area (Å²) >= 11 is 0. The van der Waals surface area contributed by atoms with E-state index < -0.39 is 0 Å². The summed E-state index contributed by atoms with van der Waals surface area (Å²) in [6.45, 7) is 9.00. The van der Waals surface area contributed by atoms with Crippen LogP contribution in [0.2, 0.25) is 0 Å². The summed E-state index contributed by atoms with van der Waals surface area (Å²) in [6, 6.07) is 2.07. The van der Waals surface area contributed by atoms with Crippen LogP contribution in [0, 0.1) is 5.41 Å². The molecular formula is C16H28N4. The molecule has 20 heavy (non-hydrogen) atoms. The van der Waals surface area contributed by atoms with Crippen LogP contribution < -0.4 is 10.2 Å². The van der Waals surface area contributed by atoms with Gasteiger partial charge >= 0.3 is 0 Å². The van der Waals surface area contributed by atoms with Crippen LogP contribution in [0.4, 0.5) is 11.6 Å². The number of aromatic nitrogens is 2. The van der Waals surface area contributed by atoms with Crippen LogP contribution in [-0.4, -0.2) is 30.1 Å². The van der Waals surface area contributed by atoms with Crippen molar-refractivity contribution in [1.82, 2.24) is 9.97 Å². The van der Waals surface area contributed by atoms with Crippen molar-refractivity contribution in [3.05, 3.63) is 11.9 Å². The quantitative estimate of drug-likeness (QED) is 0.894. The average Bonchev–Trinajstić information content (AvgIpc) is 2.54. The molecule has 0 saturated carbocycles. The number of hydrogen-bond acceptors (Lipinski definition) is 4.